The summed E-state index contributed by atoms with van der Waals surface area (Å²) in [6, 6.07) is 16.8. The van der Waals surface area contributed by atoms with Gasteiger partial charge in [0.05, 0.1) is 4.90 Å². The third-order valence-corrected chi connectivity index (χ3v) is 8.19. The number of likely N-dealkylation sites (N-methyl/N-ethyl adjacent to an activating group) is 1. The molecule has 0 unspecified atom stereocenters. The van der Waals surface area contributed by atoms with E-state index in [0.29, 0.717) is 25.1 Å². The number of nitrogens with one attached hydrogen (secondary N) is 2. The van der Waals surface area contributed by atoms with Crippen molar-refractivity contribution < 1.29 is 22.0 Å². The molecule has 0 aromatic heterocycles. The molecule has 3 aromatic rings. The number of carbonyl (C=O) groups is 1. The predicted molar refractivity (Wildman–Crippen MR) is 150 cm³/mol. The van der Waals surface area contributed by atoms with Crippen LogP contribution in [0.5, 0.6) is 0 Å². The summed E-state index contributed by atoms with van der Waals surface area (Å²) in [5, 5.41) is 6.31. The smallest absolute Gasteiger partial charge is 0.251 e. The Morgan fingerprint density at radius 3 is 2.31 bits per heavy atom. The third-order valence-electron chi connectivity index (χ3n) is 6.35. The van der Waals surface area contributed by atoms with Crippen LogP contribution in [0.2, 0.25) is 0 Å². The predicted octanol–water partition coefficient (Wildman–Crippen LogP) is 4.85. The average Bonchev–Trinajstić information content (AvgIpc) is 2.90. The number of sulfonamides is 1. The summed E-state index contributed by atoms with van der Waals surface area (Å²) >= 11 is 0. The van der Waals surface area contributed by atoms with Gasteiger partial charge in [0, 0.05) is 37.8 Å². The second-order valence-corrected chi connectivity index (χ2v) is 11.4. The molecule has 0 fully saturated rings. The number of hydrogen-bond acceptors (Lipinski definition) is 4. The Kier molecular flexibility index (Phi) is 10.9. The molecule has 0 saturated heterocycles. The van der Waals surface area contributed by atoms with Gasteiger partial charge in [0.25, 0.3) is 5.91 Å². The number of hydrogen-bond donors (Lipinski definition) is 2. The van der Waals surface area contributed by atoms with E-state index in [0.717, 1.165) is 22.4 Å². The van der Waals surface area contributed by atoms with E-state index in [1.807, 2.05) is 12.1 Å². The number of benzene rings is 3. The van der Waals surface area contributed by atoms with E-state index >= 15 is 0 Å². The van der Waals surface area contributed by atoms with Gasteiger partial charge in [-0.2, -0.15) is 4.31 Å². The summed E-state index contributed by atoms with van der Waals surface area (Å²) in [7, 11) is -2.26. The van der Waals surface area contributed by atoms with Crippen molar-refractivity contribution >= 4 is 15.9 Å². The molecule has 3 rings (SSSR count). The highest BCUT2D eigenvalue weighted by Crippen LogP contribution is 2.16. The standard InChI is InChI=1S/C30H35F2N3O3S/c1-4-15-35(3)39(37,38)29-11-9-25(10-12-29)30(36)34-28(19-24-17-26(31)20-27(32)18-24)13-14-33-21-23-8-6-7-22(5-2)16-23/h4,6-12,16-18,20,28,33H,1,5,13-15,19,21H2,2-3H3,(H,34,36)/t28-/m1/s1. The summed E-state index contributed by atoms with van der Waals surface area (Å²) < 4.78 is 54.0. The van der Waals surface area contributed by atoms with Gasteiger partial charge in [-0.25, -0.2) is 17.2 Å². The molecule has 1 atom stereocenters. The lowest BCUT2D eigenvalue weighted by atomic mass is 10.0. The molecule has 6 nitrogen and oxygen atoms in total. The molecule has 2 N–H and O–H groups in total. The SMILES string of the molecule is C=CCN(C)S(=O)(=O)c1ccc(C(=O)N[C@H](CCNCc2cccc(CC)c2)Cc2cc(F)cc(F)c2)cc1. The van der Waals surface area contributed by atoms with Crippen LogP contribution >= 0.6 is 0 Å². The molecule has 0 bridgehead atoms. The van der Waals surface area contributed by atoms with Crippen LogP contribution in [0.3, 0.4) is 0 Å². The Labute approximate surface area is 229 Å². The lowest BCUT2D eigenvalue weighted by Gasteiger charge is -2.20. The lowest BCUT2D eigenvalue weighted by molar-refractivity contribution is 0.0934. The number of carbonyl (C=O) groups excluding carboxylic acids is 1. The van der Waals surface area contributed by atoms with Gasteiger partial charge in [-0.05, 0) is 78.9 Å². The highest BCUT2D eigenvalue weighted by Gasteiger charge is 2.21. The first kappa shape index (κ1) is 30.1. The molecule has 0 heterocycles. The van der Waals surface area contributed by atoms with Crippen molar-refractivity contribution in [2.24, 2.45) is 0 Å². The second-order valence-electron chi connectivity index (χ2n) is 9.39. The molecule has 0 aliphatic carbocycles. The molecule has 39 heavy (non-hydrogen) atoms. The minimum absolute atomic E-state index is 0.0616. The number of nitrogens with zero attached hydrogens (tertiary/aromatic N) is 1. The molecule has 0 spiro atoms. The summed E-state index contributed by atoms with van der Waals surface area (Å²) in [5.74, 6) is -1.76. The first-order valence-corrected chi connectivity index (χ1v) is 14.3. The summed E-state index contributed by atoms with van der Waals surface area (Å²) in [6.45, 7) is 7.03. The van der Waals surface area contributed by atoms with Gasteiger partial charge in [-0.3, -0.25) is 4.79 Å². The average molecular weight is 556 g/mol. The highest BCUT2D eigenvalue weighted by molar-refractivity contribution is 7.89. The van der Waals surface area contributed by atoms with Gasteiger partial charge in [0.1, 0.15) is 11.6 Å². The van der Waals surface area contributed by atoms with Crippen LogP contribution in [0.1, 0.15) is 40.4 Å². The van der Waals surface area contributed by atoms with Crippen molar-refractivity contribution in [3.05, 3.63) is 113 Å². The molecule has 0 saturated carbocycles. The molecule has 3 aromatic carbocycles. The van der Waals surface area contributed by atoms with Gasteiger partial charge in [0.2, 0.25) is 10.0 Å². The fraction of sp³-hybridized carbons (Fsp3) is 0.300. The maximum atomic E-state index is 13.8. The van der Waals surface area contributed by atoms with Gasteiger partial charge in [-0.15, -0.1) is 6.58 Å². The van der Waals surface area contributed by atoms with Crippen LogP contribution in [0.15, 0.2) is 84.3 Å². The number of rotatable bonds is 14. The van der Waals surface area contributed by atoms with E-state index in [9.17, 15) is 22.0 Å². The third kappa shape index (κ3) is 8.81. The van der Waals surface area contributed by atoms with E-state index in [1.54, 1.807) is 0 Å². The van der Waals surface area contributed by atoms with Crippen molar-refractivity contribution in [1.29, 1.82) is 0 Å². The van der Waals surface area contributed by atoms with Crippen molar-refractivity contribution in [1.82, 2.24) is 14.9 Å². The monoisotopic (exact) mass is 555 g/mol. The fourth-order valence-electron chi connectivity index (χ4n) is 4.21. The van der Waals surface area contributed by atoms with Crippen molar-refractivity contribution in [2.45, 2.75) is 43.7 Å². The van der Waals surface area contributed by atoms with Crippen LogP contribution in [-0.4, -0.2) is 44.8 Å². The second kappa shape index (κ2) is 14.1. The van der Waals surface area contributed by atoms with Crippen LogP contribution in [0, 0.1) is 11.6 Å². The fourth-order valence-corrected chi connectivity index (χ4v) is 5.36. The van der Waals surface area contributed by atoms with E-state index in [2.05, 4.69) is 36.3 Å². The van der Waals surface area contributed by atoms with Crippen LogP contribution in [0.4, 0.5) is 8.78 Å². The zero-order valence-corrected chi connectivity index (χ0v) is 23.1. The Hall–Kier alpha value is -3.40. The zero-order valence-electron chi connectivity index (χ0n) is 22.3. The number of halogens is 2. The van der Waals surface area contributed by atoms with Gasteiger partial charge in [0.15, 0.2) is 0 Å². The van der Waals surface area contributed by atoms with Crippen LogP contribution in [-0.2, 0) is 29.4 Å². The van der Waals surface area contributed by atoms with Gasteiger partial charge in [-0.1, -0.05) is 37.3 Å². The largest absolute Gasteiger partial charge is 0.349 e. The highest BCUT2D eigenvalue weighted by atomic mass is 32.2. The maximum Gasteiger partial charge on any atom is 0.251 e. The molecule has 0 aliphatic rings. The van der Waals surface area contributed by atoms with E-state index in [4.69, 9.17) is 0 Å². The quantitative estimate of drug-likeness (QED) is 0.220. The first-order chi connectivity index (χ1) is 18.6. The van der Waals surface area contributed by atoms with E-state index in [1.165, 1.54) is 55.1 Å². The maximum absolute atomic E-state index is 13.8. The van der Waals surface area contributed by atoms with Crippen molar-refractivity contribution in [2.75, 3.05) is 20.1 Å². The van der Waals surface area contributed by atoms with Gasteiger partial charge >= 0.3 is 0 Å². The Balaban J connectivity index is 1.69. The van der Waals surface area contributed by atoms with Crippen molar-refractivity contribution in [3.8, 4) is 0 Å². The molecule has 0 aliphatic heterocycles. The van der Waals surface area contributed by atoms with Crippen molar-refractivity contribution in [3.63, 3.8) is 0 Å². The van der Waals surface area contributed by atoms with Crippen LogP contribution in [0.25, 0.3) is 0 Å². The first-order valence-electron chi connectivity index (χ1n) is 12.8. The molecule has 1 amide bonds. The van der Waals surface area contributed by atoms with E-state index in [-0.39, 0.29) is 23.4 Å². The molecule has 0 radical (unpaired) electrons. The minimum Gasteiger partial charge on any atom is -0.349 e. The normalized spacial score (nSPS) is 12.3. The molecule has 208 valence electrons. The molecular weight excluding hydrogens is 520 g/mol. The Bertz CT molecular complexity index is 1360. The summed E-state index contributed by atoms with van der Waals surface area (Å²) in [5.41, 5.74) is 3.11. The zero-order chi connectivity index (χ0) is 28.4. The molecule has 9 heteroatoms. The number of aryl methyl sites for hydroxylation is 1. The van der Waals surface area contributed by atoms with Crippen LogP contribution < -0.4 is 10.6 Å². The van der Waals surface area contributed by atoms with E-state index < -0.39 is 33.6 Å². The molecular formula is C30H35F2N3O3S. The topological polar surface area (TPSA) is 78.5 Å². The Morgan fingerprint density at radius 2 is 1.67 bits per heavy atom. The minimum atomic E-state index is -3.71. The lowest BCUT2D eigenvalue weighted by Crippen LogP contribution is -2.38. The van der Waals surface area contributed by atoms with Gasteiger partial charge < -0.3 is 10.6 Å². The summed E-state index contributed by atoms with van der Waals surface area (Å²) in [4.78, 5) is 13.1. The number of amides is 1. The Morgan fingerprint density at radius 1 is 1.00 bits per heavy atom. The summed E-state index contributed by atoms with van der Waals surface area (Å²) in [6.07, 6.45) is 3.17.